The van der Waals surface area contributed by atoms with Gasteiger partial charge in [-0.25, -0.2) is 4.39 Å². The number of aryl methyl sites for hydroxylation is 1. The maximum absolute atomic E-state index is 13.3. The number of carbonyl (C=O) groups is 1. The van der Waals surface area contributed by atoms with Crippen LogP contribution in [0.2, 0.25) is 0 Å². The highest BCUT2D eigenvalue weighted by molar-refractivity contribution is 5.95. The molecule has 0 aliphatic heterocycles. The van der Waals surface area contributed by atoms with E-state index in [-0.39, 0.29) is 17.6 Å². The summed E-state index contributed by atoms with van der Waals surface area (Å²) in [5, 5.41) is 2.75. The lowest BCUT2D eigenvalue weighted by molar-refractivity contribution is -0.116. The Morgan fingerprint density at radius 2 is 2.15 bits per heavy atom. The van der Waals surface area contributed by atoms with Crippen LogP contribution in [0, 0.1) is 18.7 Å². The minimum atomic E-state index is -0.235. The zero-order valence-electron chi connectivity index (χ0n) is 12.5. The third kappa shape index (κ3) is 4.78. The molecule has 1 N–H and O–H groups in total. The molecule has 1 aromatic rings. The lowest BCUT2D eigenvalue weighted by Crippen LogP contribution is -2.25. The molecule has 0 atom stereocenters. The zero-order valence-corrected chi connectivity index (χ0v) is 12.5. The molecule has 0 aromatic heterocycles. The number of hydrogen-bond acceptors (Lipinski definition) is 2. The summed E-state index contributed by atoms with van der Waals surface area (Å²) in [7, 11) is 1.59. The maximum atomic E-state index is 13.3. The van der Waals surface area contributed by atoms with Crippen molar-refractivity contribution in [3.05, 3.63) is 41.2 Å². The summed E-state index contributed by atoms with van der Waals surface area (Å²) in [4.78, 5) is 11.8. The molecule has 0 aliphatic carbocycles. The average molecular weight is 279 g/mol. The zero-order chi connectivity index (χ0) is 15.1. The van der Waals surface area contributed by atoms with Gasteiger partial charge in [0.05, 0.1) is 6.61 Å². The molecule has 0 heterocycles. The average Bonchev–Trinajstić information content (AvgIpc) is 2.39. The molecular formula is C16H22FNO2. The van der Waals surface area contributed by atoms with Crippen LogP contribution in [0.1, 0.15) is 25.0 Å². The van der Waals surface area contributed by atoms with Crippen molar-refractivity contribution in [2.45, 2.75) is 20.8 Å². The van der Waals surface area contributed by atoms with Crippen molar-refractivity contribution in [1.82, 2.24) is 5.32 Å². The van der Waals surface area contributed by atoms with Crippen LogP contribution in [0.15, 0.2) is 24.3 Å². The van der Waals surface area contributed by atoms with Gasteiger partial charge in [0.15, 0.2) is 0 Å². The van der Waals surface area contributed by atoms with Crippen LogP contribution >= 0.6 is 0 Å². The molecule has 0 unspecified atom stereocenters. The van der Waals surface area contributed by atoms with Crippen molar-refractivity contribution in [2.75, 3.05) is 20.3 Å². The Morgan fingerprint density at radius 3 is 2.70 bits per heavy atom. The molecule has 4 heteroatoms. The molecule has 0 aliphatic rings. The maximum Gasteiger partial charge on any atom is 0.244 e. The number of ether oxygens (including phenoxy) is 1. The first-order valence-electron chi connectivity index (χ1n) is 6.70. The highest BCUT2D eigenvalue weighted by Gasteiger charge is 2.10. The number of rotatable bonds is 6. The van der Waals surface area contributed by atoms with Gasteiger partial charge in [-0.2, -0.15) is 0 Å². The fourth-order valence-corrected chi connectivity index (χ4v) is 1.88. The van der Waals surface area contributed by atoms with Gasteiger partial charge in [-0.05, 0) is 41.7 Å². The predicted octanol–water partition coefficient (Wildman–Crippen LogP) is 2.94. The Balaban J connectivity index is 2.93. The predicted molar refractivity (Wildman–Crippen MR) is 78.8 cm³/mol. The lowest BCUT2D eigenvalue weighted by atomic mass is 9.93. The Kier molecular flexibility index (Phi) is 6.39. The molecule has 1 amide bonds. The summed E-state index contributed by atoms with van der Waals surface area (Å²) in [6, 6.07) is 4.91. The van der Waals surface area contributed by atoms with Gasteiger partial charge in [0.2, 0.25) is 5.91 Å². The summed E-state index contributed by atoms with van der Waals surface area (Å²) in [6.07, 6.45) is 1.58. The first kappa shape index (κ1) is 16.4. The van der Waals surface area contributed by atoms with E-state index in [1.165, 1.54) is 6.07 Å². The number of benzene rings is 1. The van der Waals surface area contributed by atoms with Gasteiger partial charge in [0.1, 0.15) is 5.82 Å². The third-order valence-corrected chi connectivity index (χ3v) is 3.01. The van der Waals surface area contributed by atoms with Crippen molar-refractivity contribution in [2.24, 2.45) is 5.92 Å². The van der Waals surface area contributed by atoms with E-state index in [0.29, 0.717) is 18.7 Å². The SMILES string of the molecule is COCCNC(=O)/C=C(/c1ccc(F)c(C)c1)C(C)C. The van der Waals surface area contributed by atoms with Crippen LogP contribution in [0.4, 0.5) is 4.39 Å². The van der Waals surface area contributed by atoms with E-state index in [4.69, 9.17) is 4.74 Å². The fraction of sp³-hybridized carbons (Fsp3) is 0.438. The summed E-state index contributed by atoms with van der Waals surface area (Å²) < 4.78 is 18.2. The Labute approximate surface area is 119 Å². The second-order valence-corrected chi connectivity index (χ2v) is 5.00. The molecule has 0 bridgehead atoms. The van der Waals surface area contributed by atoms with Crippen LogP contribution in [0.3, 0.4) is 0 Å². The monoisotopic (exact) mass is 279 g/mol. The quantitative estimate of drug-likeness (QED) is 0.642. The molecule has 1 aromatic carbocycles. The minimum Gasteiger partial charge on any atom is -0.383 e. The highest BCUT2D eigenvalue weighted by Crippen LogP contribution is 2.24. The molecule has 0 saturated carbocycles. The largest absolute Gasteiger partial charge is 0.383 e. The van der Waals surface area contributed by atoms with E-state index >= 15 is 0 Å². The van der Waals surface area contributed by atoms with Crippen LogP contribution < -0.4 is 5.32 Å². The number of methoxy groups -OCH3 is 1. The van der Waals surface area contributed by atoms with Gasteiger partial charge < -0.3 is 10.1 Å². The summed E-state index contributed by atoms with van der Waals surface area (Å²) in [6.45, 7) is 6.68. The van der Waals surface area contributed by atoms with Crippen molar-refractivity contribution >= 4 is 11.5 Å². The van der Waals surface area contributed by atoms with E-state index in [9.17, 15) is 9.18 Å². The number of amides is 1. The lowest BCUT2D eigenvalue weighted by Gasteiger charge is -2.13. The number of allylic oxidation sites excluding steroid dienone is 1. The van der Waals surface area contributed by atoms with Gasteiger partial charge in [-0.1, -0.05) is 19.9 Å². The van der Waals surface area contributed by atoms with Crippen LogP contribution in [-0.2, 0) is 9.53 Å². The summed E-state index contributed by atoms with van der Waals surface area (Å²) in [5.41, 5.74) is 2.35. The first-order valence-corrected chi connectivity index (χ1v) is 6.70. The van der Waals surface area contributed by atoms with Crippen molar-refractivity contribution in [3.63, 3.8) is 0 Å². The molecule has 3 nitrogen and oxygen atoms in total. The van der Waals surface area contributed by atoms with E-state index in [0.717, 1.165) is 11.1 Å². The smallest absolute Gasteiger partial charge is 0.244 e. The van der Waals surface area contributed by atoms with Crippen LogP contribution in [0.25, 0.3) is 5.57 Å². The van der Waals surface area contributed by atoms with Crippen molar-refractivity contribution in [1.29, 1.82) is 0 Å². The van der Waals surface area contributed by atoms with E-state index < -0.39 is 0 Å². The van der Waals surface area contributed by atoms with Gasteiger partial charge in [-0.15, -0.1) is 0 Å². The van der Waals surface area contributed by atoms with Gasteiger partial charge in [0.25, 0.3) is 0 Å². The number of halogens is 1. The second kappa shape index (κ2) is 7.80. The first-order chi connectivity index (χ1) is 9.45. The van der Waals surface area contributed by atoms with E-state index in [1.54, 1.807) is 32.2 Å². The van der Waals surface area contributed by atoms with Crippen LogP contribution in [0.5, 0.6) is 0 Å². The van der Waals surface area contributed by atoms with E-state index in [2.05, 4.69) is 5.32 Å². The van der Waals surface area contributed by atoms with Crippen molar-refractivity contribution < 1.29 is 13.9 Å². The standard InChI is InChI=1S/C16H22FNO2/c1-11(2)14(10-16(19)18-7-8-20-4)13-5-6-15(17)12(3)9-13/h5-6,9-11H,7-8H2,1-4H3,(H,18,19)/b14-10+. The molecule has 0 fully saturated rings. The summed E-state index contributed by atoms with van der Waals surface area (Å²) >= 11 is 0. The molecule has 110 valence electrons. The van der Waals surface area contributed by atoms with Crippen molar-refractivity contribution in [3.8, 4) is 0 Å². The van der Waals surface area contributed by atoms with Gasteiger partial charge >= 0.3 is 0 Å². The molecular weight excluding hydrogens is 257 g/mol. The van der Waals surface area contributed by atoms with Gasteiger partial charge in [0, 0.05) is 19.7 Å². The fourth-order valence-electron chi connectivity index (χ4n) is 1.88. The number of nitrogens with one attached hydrogen (secondary N) is 1. The molecule has 0 radical (unpaired) electrons. The topological polar surface area (TPSA) is 38.3 Å². The molecule has 1 rings (SSSR count). The number of hydrogen-bond donors (Lipinski definition) is 1. The minimum absolute atomic E-state index is 0.160. The Bertz CT molecular complexity index is 495. The number of carbonyl (C=O) groups excluding carboxylic acids is 1. The highest BCUT2D eigenvalue weighted by atomic mass is 19.1. The summed E-state index contributed by atoms with van der Waals surface area (Å²) in [5.74, 6) is -0.220. The molecule has 20 heavy (non-hydrogen) atoms. The molecule has 0 spiro atoms. The van der Waals surface area contributed by atoms with Gasteiger partial charge in [-0.3, -0.25) is 4.79 Å². The normalized spacial score (nSPS) is 11.8. The molecule has 0 saturated heterocycles. The second-order valence-electron chi connectivity index (χ2n) is 5.00. The Morgan fingerprint density at radius 1 is 1.45 bits per heavy atom. The van der Waals surface area contributed by atoms with Crippen LogP contribution in [-0.4, -0.2) is 26.2 Å². The van der Waals surface area contributed by atoms with E-state index in [1.807, 2.05) is 13.8 Å². The Hall–Kier alpha value is -1.68. The third-order valence-electron chi connectivity index (χ3n) is 3.01.